The summed E-state index contributed by atoms with van der Waals surface area (Å²) in [7, 11) is 0. The van der Waals surface area contributed by atoms with Crippen LogP contribution in [0.3, 0.4) is 0 Å². The van der Waals surface area contributed by atoms with Crippen LogP contribution in [0.4, 0.5) is 5.69 Å². The van der Waals surface area contributed by atoms with Crippen LogP contribution >= 0.6 is 11.6 Å². The van der Waals surface area contributed by atoms with E-state index in [1.54, 1.807) is 6.07 Å². The van der Waals surface area contributed by atoms with E-state index in [1.165, 1.54) is 12.1 Å². The van der Waals surface area contributed by atoms with Crippen LogP contribution in [0.1, 0.15) is 35.4 Å². The number of rotatable bonds is 3. The van der Waals surface area contributed by atoms with E-state index in [0.717, 1.165) is 29.0 Å². The molecule has 3 aromatic carbocycles. The normalized spacial score (nSPS) is 19.8. The summed E-state index contributed by atoms with van der Waals surface area (Å²) in [5, 5.41) is 18.2. The summed E-state index contributed by atoms with van der Waals surface area (Å²) in [6.07, 6.45) is 0.156. The number of fused-ring (bicyclic) bond motifs is 3. The molecule has 2 atom stereocenters. The zero-order valence-corrected chi connectivity index (χ0v) is 16.0. The molecule has 0 spiro atoms. The van der Waals surface area contributed by atoms with Crippen LogP contribution in [0.5, 0.6) is 5.75 Å². The van der Waals surface area contributed by atoms with E-state index in [2.05, 4.69) is 0 Å². The fourth-order valence-corrected chi connectivity index (χ4v) is 4.07. The fourth-order valence-electron chi connectivity index (χ4n) is 3.88. The van der Waals surface area contributed by atoms with Gasteiger partial charge in [-0.15, -0.1) is 0 Å². The van der Waals surface area contributed by atoms with Gasteiger partial charge in [-0.2, -0.15) is 5.10 Å². The quantitative estimate of drug-likeness (QED) is 0.426. The number of ether oxygens (including phenoxy) is 1. The molecule has 0 aromatic heterocycles. The number of nitrogens with zero attached hydrogens (tertiary/aromatic N) is 3. The van der Waals surface area contributed by atoms with E-state index in [4.69, 9.17) is 21.4 Å². The molecule has 29 heavy (non-hydrogen) atoms. The molecular weight excluding hydrogens is 390 g/mol. The number of hydrazone groups is 1. The van der Waals surface area contributed by atoms with Crippen molar-refractivity contribution in [2.45, 2.75) is 18.7 Å². The van der Waals surface area contributed by atoms with E-state index < -0.39 is 11.2 Å². The summed E-state index contributed by atoms with van der Waals surface area (Å²) in [6, 6.07) is 22.6. The lowest BCUT2D eigenvalue weighted by atomic mass is 9.96. The maximum absolute atomic E-state index is 11.4. The molecule has 0 unspecified atom stereocenters. The second kappa shape index (κ2) is 6.90. The number of hydrogen-bond acceptors (Lipinski definition) is 5. The minimum absolute atomic E-state index is 0.00473. The van der Waals surface area contributed by atoms with Crippen molar-refractivity contribution < 1.29 is 9.66 Å². The van der Waals surface area contributed by atoms with E-state index >= 15 is 0 Å². The van der Waals surface area contributed by atoms with Gasteiger partial charge in [0.15, 0.2) is 0 Å². The molecule has 5 rings (SSSR count). The zero-order valence-electron chi connectivity index (χ0n) is 15.2. The third-order valence-corrected chi connectivity index (χ3v) is 5.58. The van der Waals surface area contributed by atoms with E-state index in [-0.39, 0.29) is 16.8 Å². The standard InChI is InChI=1S/C22H16ClN3O3/c23-17-11-10-15(12-20(17)26(27)28)22-25-19(16-8-4-5-9-21(16)29-22)13-18(24-25)14-6-2-1-3-7-14/h1-12,19,22H,13H2/t19-,22+/m0/s1. The molecule has 2 aliphatic rings. The largest absolute Gasteiger partial charge is 0.464 e. The van der Waals surface area contributed by atoms with Crippen molar-refractivity contribution in [1.29, 1.82) is 0 Å². The maximum atomic E-state index is 11.4. The number of para-hydroxylation sites is 1. The van der Waals surface area contributed by atoms with Crippen molar-refractivity contribution in [2.24, 2.45) is 5.10 Å². The highest BCUT2D eigenvalue weighted by atomic mass is 35.5. The van der Waals surface area contributed by atoms with Crippen molar-refractivity contribution >= 4 is 23.0 Å². The summed E-state index contributed by atoms with van der Waals surface area (Å²) in [5.74, 6) is 0.765. The minimum atomic E-state index is -0.577. The second-order valence-corrected chi connectivity index (χ2v) is 7.40. The number of hydrogen-bond donors (Lipinski definition) is 0. The van der Waals surface area contributed by atoms with Crippen LogP contribution in [-0.2, 0) is 0 Å². The molecule has 0 fully saturated rings. The summed E-state index contributed by atoms with van der Waals surface area (Å²) < 4.78 is 6.24. The Kier molecular flexibility index (Phi) is 4.21. The highest BCUT2D eigenvalue weighted by molar-refractivity contribution is 6.32. The Labute approximate surface area is 172 Å². The monoisotopic (exact) mass is 405 g/mol. The lowest BCUT2D eigenvalue weighted by Gasteiger charge is -2.38. The molecule has 2 aliphatic heterocycles. The Morgan fingerprint density at radius 2 is 1.83 bits per heavy atom. The summed E-state index contributed by atoms with van der Waals surface area (Å²) >= 11 is 6.00. The molecule has 0 saturated carbocycles. The van der Waals surface area contributed by atoms with Gasteiger partial charge in [0.2, 0.25) is 6.23 Å². The lowest BCUT2D eigenvalue weighted by molar-refractivity contribution is -0.384. The molecule has 6 nitrogen and oxygen atoms in total. The van der Waals surface area contributed by atoms with Gasteiger partial charge in [-0.25, -0.2) is 5.01 Å². The SMILES string of the molecule is O=[N+]([O-])c1cc([C@H]2Oc3ccccc3[C@@H]3CC(c4ccccc4)=NN23)ccc1Cl. The first kappa shape index (κ1) is 17.7. The predicted molar refractivity (Wildman–Crippen MR) is 110 cm³/mol. The summed E-state index contributed by atoms with van der Waals surface area (Å²) in [5.41, 5.74) is 3.57. The lowest BCUT2D eigenvalue weighted by Crippen LogP contribution is -2.33. The molecular formula is C22H16ClN3O3. The topological polar surface area (TPSA) is 68.0 Å². The van der Waals surface area contributed by atoms with Crippen molar-refractivity contribution in [3.05, 3.63) is 105 Å². The Bertz CT molecular complexity index is 1130. The van der Waals surface area contributed by atoms with Gasteiger partial charge in [-0.3, -0.25) is 10.1 Å². The predicted octanol–water partition coefficient (Wildman–Crippen LogP) is 5.49. The van der Waals surface area contributed by atoms with E-state index in [0.29, 0.717) is 5.56 Å². The average molecular weight is 406 g/mol. The van der Waals surface area contributed by atoms with Crippen molar-refractivity contribution in [3.63, 3.8) is 0 Å². The molecule has 3 aromatic rings. The van der Waals surface area contributed by atoms with Gasteiger partial charge in [0.25, 0.3) is 5.69 Å². The third-order valence-electron chi connectivity index (χ3n) is 5.26. The Morgan fingerprint density at radius 3 is 2.62 bits per heavy atom. The van der Waals surface area contributed by atoms with Gasteiger partial charge in [-0.1, -0.05) is 66.2 Å². The minimum Gasteiger partial charge on any atom is -0.464 e. The first-order chi connectivity index (χ1) is 14.1. The Hall–Kier alpha value is -3.38. The molecule has 144 valence electrons. The van der Waals surface area contributed by atoms with Crippen molar-refractivity contribution in [2.75, 3.05) is 0 Å². The molecule has 2 heterocycles. The molecule has 0 radical (unpaired) electrons. The Morgan fingerprint density at radius 1 is 1.07 bits per heavy atom. The fraction of sp³-hybridized carbons (Fsp3) is 0.136. The average Bonchev–Trinajstić information content (AvgIpc) is 3.20. The highest BCUT2D eigenvalue weighted by Gasteiger charge is 2.41. The van der Waals surface area contributed by atoms with Gasteiger partial charge in [0.05, 0.1) is 16.7 Å². The van der Waals surface area contributed by atoms with Gasteiger partial charge < -0.3 is 4.74 Å². The van der Waals surface area contributed by atoms with Crippen LogP contribution in [-0.4, -0.2) is 15.6 Å². The van der Waals surface area contributed by atoms with Gasteiger partial charge in [0, 0.05) is 23.6 Å². The molecule has 0 N–H and O–H groups in total. The summed E-state index contributed by atoms with van der Waals surface area (Å²) in [6.45, 7) is 0. The van der Waals surface area contributed by atoms with Crippen molar-refractivity contribution in [3.8, 4) is 5.75 Å². The summed E-state index contributed by atoms with van der Waals surface area (Å²) in [4.78, 5) is 10.9. The molecule has 0 amide bonds. The molecule has 0 saturated heterocycles. The third kappa shape index (κ3) is 3.02. The number of halogens is 1. The van der Waals surface area contributed by atoms with Crippen LogP contribution < -0.4 is 4.74 Å². The number of nitro groups is 1. The van der Waals surface area contributed by atoms with Gasteiger partial charge in [0.1, 0.15) is 10.8 Å². The van der Waals surface area contributed by atoms with Crippen LogP contribution in [0.2, 0.25) is 5.02 Å². The van der Waals surface area contributed by atoms with E-state index in [9.17, 15) is 10.1 Å². The number of nitro benzene ring substituents is 1. The number of benzene rings is 3. The van der Waals surface area contributed by atoms with E-state index in [1.807, 2.05) is 59.6 Å². The van der Waals surface area contributed by atoms with Crippen LogP contribution in [0, 0.1) is 10.1 Å². The van der Waals surface area contributed by atoms with Gasteiger partial charge in [-0.05, 0) is 17.7 Å². The van der Waals surface area contributed by atoms with Gasteiger partial charge >= 0.3 is 0 Å². The molecule has 0 bridgehead atoms. The first-order valence-corrected chi connectivity index (χ1v) is 9.60. The van der Waals surface area contributed by atoms with Crippen molar-refractivity contribution in [1.82, 2.24) is 5.01 Å². The molecule has 7 heteroatoms. The Balaban J connectivity index is 1.61. The zero-order chi connectivity index (χ0) is 20.0. The smallest absolute Gasteiger partial charge is 0.288 e. The maximum Gasteiger partial charge on any atom is 0.288 e. The van der Waals surface area contributed by atoms with Crippen LogP contribution in [0.25, 0.3) is 0 Å². The molecule has 0 aliphatic carbocycles. The highest BCUT2D eigenvalue weighted by Crippen LogP contribution is 2.47. The first-order valence-electron chi connectivity index (χ1n) is 9.22. The second-order valence-electron chi connectivity index (χ2n) is 6.99. The van der Waals surface area contributed by atoms with Crippen LogP contribution in [0.15, 0.2) is 77.9 Å².